The number of fused-ring (bicyclic) bond motifs is 1. The molecule has 0 spiro atoms. The Kier molecular flexibility index (Phi) is 3.76. The maximum Gasteiger partial charge on any atom is 0.328 e. The summed E-state index contributed by atoms with van der Waals surface area (Å²) in [4.78, 5) is 31.5. The molecule has 0 aliphatic heterocycles. The lowest BCUT2D eigenvalue weighted by Crippen LogP contribution is -2.34. The number of aromatic nitrogens is 4. The average molecular weight is 348 g/mol. The van der Waals surface area contributed by atoms with E-state index in [4.69, 9.17) is 4.52 Å². The lowest BCUT2D eigenvalue weighted by molar-refractivity contribution is 0.432. The summed E-state index contributed by atoms with van der Waals surface area (Å²) in [6.45, 7) is 4.07. The number of hydrogen-bond acceptors (Lipinski definition) is 5. The SMILES string of the molecule is CCn1c(=O)[nH]c2cc(-c3nc(-c4ccc(C)cc4)no3)ccc2c1=O. The summed E-state index contributed by atoms with van der Waals surface area (Å²) in [5, 5.41) is 4.45. The molecule has 2 heterocycles. The Morgan fingerprint density at radius 3 is 2.54 bits per heavy atom. The first-order valence-electron chi connectivity index (χ1n) is 8.25. The maximum atomic E-state index is 12.3. The van der Waals surface area contributed by atoms with E-state index in [0.717, 1.165) is 15.7 Å². The van der Waals surface area contributed by atoms with Crippen LogP contribution in [-0.4, -0.2) is 19.7 Å². The predicted molar refractivity (Wildman–Crippen MR) is 98.0 cm³/mol. The molecule has 130 valence electrons. The van der Waals surface area contributed by atoms with Crippen molar-refractivity contribution in [3.8, 4) is 22.8 Å². The van der Waals surface area contributed by atoms with E-state index in [2.05, 4.69) is 15.1 Å². The molecule has 0 aliphatic carbocycles. The lowest BCUT2D eigenvalue weighted by atomic mass is 10.1. The highest BCUT2D eigenvalue weighted by atomic mass is 16.5. The molecule has 7 heteroatoms. The van der Waals surface area contributed by atoms with Crippen LogP contribution in [-0.2, 0) is 6.54 Å². The number of nitrogens with zero attached hydrogens (tertiary/aromatic N) is 3. The second-order valence-electron chi connectivity index (χ2n) is 6.03. The average Bonchev–Trinajstić information content (AvgIpc) is 3.12. The highest BCUT2D eigenvalue weighted by Crippen LogP contribution is 2.24. The van der Waals surface area contributed by atoms with Crippen LogP contribution in [0.2, 0.25) is 0 Å². The fourth-order valence-corrected chi connectivity index (χ4v) is 2.84. The number of nitrogens with one attached hydrogen (secondary N) is 1. The molecule has 26 heavy (non-hydrogen) atoms. The Hall–Kier alpha value is -3.48. The molecule has 0 saturated carbocycles. The van der Waals surface area contributed by atoms with Gasteiger partial charge in [-0.15, -0.1) is 0 Å². The normalized spacial score (nSPS) is 11.2. The topological polar surface area (TPSA) is 93.8 Å². The van der Waals surface area contributed by atoms with Crippen molar-refractivity contribution in [2.75, 3.05) is 0 Å². The molecular formula is C19H16N4O3. The van der Waals surface area contributed by atoms with Gasteiger partial charge in [-0.1, -0.05) is 35.0 Å². The maximum absolute atomic E-state index is 12.3. The molecule has 2 aromatic carbocycles. The van der Waals surface area contributed by atoms with E-state index < -0.39 is 5.69 Å². The van der Waals surface area contributed by atoms with Crippen LogP contribution in [0.5, 0.6) is 0 Å². The molecule has 0 atom stereocenters. The number of H-pyrrole nitrogens is 1. The van der Waals surface area contributed by atoms with Gasteiger partial charge in [0.2, 0.25) is 5.82 Å². The molecule has 0 bridgehead atoms. The van der Waals surface area contributed by atoms with Crippen LogP contribution in [0.3, 0.4) is 0 Å². The van der Waals surface area contributed by atoms with Crippen LogP contribution in [0, 0.1) is 6.92 Å². The predicted octanol–water partition coefficient (Wildman–Crippen LogP) is 2.74. The first-order valence-corrected chi connectivity index (χ1v) is 8.25. The zero-order chi connectivity index (χ0) is 18.3. The molecular weight excluding hydrogens is 332 g/mol. The van der Waals surface area contributed by atoms with Gasteiger partial charge in [-0.2, -0.15) is 4.98 Å². The van der Waals surface area contributed by atoms with Gasteiger partial charge in [0, 0.05) is 17.7 Å². The summed E-state index contributed by atoms with van der Waals surface area (Å²) in [6.07, 6.45) is 0. The van der Waals surface area contributed by atoms with E-state index in [1.54, 1.807) is 25.1 Å². The third kappa shape index (κ3) is 2.63. The molecule has 7 nitrogen and oxygen atoms in total. The summed E-state index contributed by atoms with van der Waals surface area (Å²) in [5.41, 5.74) is 2.32. The highest BCUT2D eigenvalue weighted by Gasteiger charge is 2.13. The highest BCUT2D eigenvalue weighted by molar-refractivity contribution is 5.82. The van der Waals surface area contributed by atoms with Gasteiger partial charge in [0.1, 0.15) is 0 Å². The number of aryl methyl sites for hydroxylation is 1. The van der Waals surface area contributed by atoms with Crippen LogP contribution in [0.25, 0.3) is 33.7 Å². The number of benzene rings is 2. The van der Waals surface area contributed by atoms with Crippen LogP contribution in [0.15, 0.2) is 56.6 Å². The second kappa shape index (κ2) is 6.11. The van der Waals surface area contributed by atoms with E-state index in [-0.39, 0.29) is 5.56 Å². The third-order valence-electron chi connectivity index (χ3n) is 4.28. The zero-order valence-corrected chi connectivity index (χ0v) is 14.3. The minimum absolute atomic E-state index is 0.315. The van der Waals surface area contributed by atoms with Crippen molar-refractivity contribution < 1.29 is 4.52 Å². The molecule has 0 fully saturated rings. The van der Waals surface area contributed by atoms with Crippen molar-refractivity contribution in [2.45, 2.75) is 20.4 Å². The Morgan fingerprint density at radius 2 is 1.81 bits per heavy atom. The summed E-state index contributed by atoms with van der Waals surface area (Å²) < 4.78 is 6.51. The van der Waals surface area contributed by atoms with E-state index in [1.807, 2.05) is 31.2 Å². The minimum atomic E-state index is -0.437. The Bertz CT molecular complexity index is 1220. The summed E-state index contributed by atoms with van der Waals surface area (Å²) in [7, 11) is 0. The van der Waals surface area contributed by atoms with E-state index in [9.17, 15) is 9.59 Å². The molecule has 0 aliphatic rings. The van der Waals surface area contributed by atoms with Gasteiger partial charge in [-0.3, -0.25) is 9.36 Å². The van der Waals surface area contributed by atoms with Crippen LogP contribution < -0.4 is 11.2 Å². The fourth-order valence-electron chi connectivity index (χ4n) is 2.84. The van der Waals surface area contributed by atoms with E-state index in [0.29, 0.717) is 34.7 Å². The number of aromatic amines is 1. The van der Waals surface area contributed by atoms with Gasteiger partial charge in [0.15, 0.2) is 0 Å². The van der Waals surface area contributed by atoms with Crippen molar-refractivity contribution in [1.29, 1.82) is 0 Å². The van der Waals surface area contributed by atoms with Gasteiger partial charge in [0.25, 0.3) is 11.4 Å². The number of hydrogen-bond donors (Lipinski definition) is 1. The van der Waals surface area contributed by atoms with E-state index in [1.165, 1.54) is 0 Å². The standard InChI is InChI=1S/C19H16N4O3/c1-3-23-18(24)14-9-8-13(10-15(14)20-19(23)25)17-21-16(22-26-17)12-6-4-11(2)5-7-12/h4-10H,3H2,1-2H3,(H,20,25). The van der Waals surface area contributed by atoms with Gasteiger partial charge in [0.05, 0.1) is 10.9 Å². The lowest BCUT2D eigenvalue weighted by Gasteiger charge is -2.04. The quantitative estimate of drug-likeness (QED) is 0.614. The van der Waals surface area contributed by atoms with Gasteiger partial charge in [-0.05, 0) is 32.0 Å². The summed E-state index contributed by atoms with van der Waals surface area (Å²) in [5.74, 6) is 0.804. The van der Waals surface area contributed by atoms with Crippen LogP contribution in [0.4, 0.5) is 0 Å². The molecule has 2 aromatic heterocycles. The summed E-state index contributed by atoms with van der Waals surface area (Å²) in [6, 6.07) is 12.9. The smallest absolute Gasteiger partial charge is 0.328 e. The Balaban J connectivity index is 1.79. The number of rotatable bonds is 3. The molecule has 0 radical (unpaired) electrons. The first kappa shape index (κ1) is 16.0. The fraction of sp³-hybridized carbons (Fsp3) is 0.158. The first-order chi connectivity index (χ1) is 12.6. The third-order valence-corrected chi connectivity index (χ3v) is 4.28. The Labute approximate surface area is 147 Å². The van der Waals surface area contributed by atoms with Gasteiger partial charge in [-0.25, -0.2) is 4.79 Å². The minimum Gasteiger partial charge on any atom is -0.334 e. The van der Waals surface area contributed by atoms with Crippen molar-refractivity contribution in [3.63, 3.8) is 0 Å². The molecule has 0 unspecified atom stereocenters. The second-order valence-corrected chi connectivity index (χ2v) is 6.03. The Morgan fingerprint density at radius 1 is 1.08 bits per heavy atom. The zero-order valence-electron chi connectivity index (χ0n) is 14.3. The van der Waals surface area contributed by atoms with Crippen LogP contribution in [0.1, 0.15) is 12.5 Å². The van der Waals surface area contributed by atoms with Crippen molar-refractivity contribution >= 4 is 10.9 Å². The molecule has 0 saturated heterocycles. The van der Waals surface area contributed by atoms with Crippen molar-refractivity contribution in [2.24, 2.45) is 0 Å². The van der Waals surface area contributed by atoms with E-state index >= 15 is 0 Å². The monoisotopic (exact) mass is 348 g/mol. The van der Waals surface area contributed by atoms with Crippen molar-refractivity contribution in [1.82, 2.24) is 19.7 Å². The molecule has 4 aromatic rings. The largest absolute Gasteiger partial charge is 0.334 e. The molecule has 0 amide bonds. The van der Waals surface area contributed by atoms with Gasteiger partial charge < -0.3 is 9.51 Å². The van der Waals surface area contributed by atoms with Gasteiger partial charge >= 0.3 is 5.69 Å². The molecule has 4 rings (SSSR count). The molecule has 1 N–H and O–H groups in total. The van der Waals surface area contributed by atoms with Crippen LogP contribution >= 0.6 is 0 Å². The summed E-state index contributed by atoms with van der Waals surface area (Å²) >= 11 is 0. The van der Waals surface area contributed by atoms with Crippen molar-refractivity contribution in [3.05, 3.63) is 68.9 Å².